The normalized spacial score (nSPS) is 10.7. The topological polar surface area (TPSA) is 63.6 Å². The summed E-state index contributed by atoms with van der Waals surface area (Å²) in [5, 5.41) is 11.1. The Labute approximate surface area is 190 Å². The number of rotatable bonds is 8. The Morgan fingerprint density at radius 2 is 1.62 bits per heavy atom. The highest BCUT2D eigenvalue weighted by Crippen LogP contribution is 2.36. The van der Waals surface area contributed by atoms with E-state index in [2.05, 4.69) is 18.2 Å². The second-order valence-electron chi connectivity index (χ2n) is 7.43. The van der Waals surface area contributed by atoms with Crippen LogP contribution in [0, 0.1) is 0 Å². The first-order valence-corrected chi connectivity index (χ1v) is 11.1. The van der Waals surface area contributed by atoms with Crippen molar-refractivity contribution in [1.82, 2.24) is 0 Å². The van der Waals surface area contributed by atoms with E-state index in [0.29, 0.717) is 17.7 Å². The minimum absolute atomic E-state index is 0.0679. The van der Waals surface area contributed by atoms with Crippen molar-refractivity contribution in [1.29, 1.82) is 0 Å². The molecule has 4 aromatic rings. The van der Waals surface area contributed by atoms with Gasteiger partial charge in [0.25, 0.3) is 0 Å². The van der Waals surface area contributed by atoms with Crippen LogP contribution in [0.25, 0.3) is 10.4 Å². The SMILES string of the molecule is COc1cc(CC(=O)c2ccc(C(=O)O)cc2)c(Cc2ccccc2)c(-c2cccs2)c1. The molecular formula is C27H22O4S. The Morgan fingerprint density at radius 1 is 0.906 bits per heavy atom. The molecule has 4 rings (SSSR count). The van der Waals surface area contributed by atoms with Gasteiger partial charge >= 0.3 is 5.97 Å². The van der Waals surface area contributed by atoms with Crippen molar-refractivity contribution < 1.29 is 19.4 Å². The summed E-state index contributed by atoms with van der Waals surface area (Å²) >= 11 is 1.65. The summed E-state index contributed by atoms with van der Waals surface area (Å²) in [5.74, 6) is -0.376. The van der Waals surface area contributed by atoms with Gasteiger partial charge < -0.3 is 9.84 Å². The Morgan fingerprint density at radius 3 is 2.25 bits per heavy atom. The Balaban J connectivity index is 1.76. The van der Waals surface area contributed by atoms with Gasteiger partial charge in [0.05, 0.1) is 12.7 Å². The number of aromatic carboxylic acids is 1. The van der Waals surface area contributed by atoms with Gasteiger partial charge in [0.15, 0.2) is 5.78 Å². The van der Waals surface area contributed by atoms with Crippen LogP contribution in [-0.2, 0) is 12.8 Å². The van der Waals surface area contributed by atoms with Gasteiger partial charge in [-0.2, -0.15) is 0 Å². The molecule has 0 aliphatic rings. The number of thiophene rings is 1. The third-order valence-corrected chi connectivity index (χ3v) is 6.27. The van der Waals surface area contributed by atoms with Crippen molar-refractivity contribution in [2.24, 2.45) is 0 Å². The van der Waals surface area contributed by atoms with Crippen LogP contribution in [0.1, 0.15) is 37.4 Å². The molecule has 0 radical (unpaired) electrons. The molecule has 32 heavy (non-hydrogen) atoms. The zero-order chi connectivity index (χ0) is 22.5. The molecule has 0 atom stereocenters. The molecule has 3 aromatic carbocycles. The summed E-state index contributed by atoms with van der Waals surface area (Å²) < 4.78 is 5.56. The first kappa shape index (κ1) is 21.5. The van der Waals surface area contributed by atoms with Gasteiger partial charge in [-0.15, -0.1) is 11.3 Å². The second-order valence-corrected chi connectivity index (χ2v) is 8.38. The van der Waals surface area contributed by atoms with Crippen LogP contribution in [0.15, 0.2) is 84.2 Å². The lowest BCUT2D eigenvalue weighted by Gasteiger charge is -2.17. The molecule has 0 spiro atoms. The van der Waals surface area contributed by atoms with Crippen LogP contribution >= 0.6 is 11.3 Å². The Hall–Kier alpha value is -3.70. The van der Waals surface area contributed by atoms with Crippen molar-refractivity contribution in [3.63, 3.8) is 0 Å². The van der Waals surface area contributed by atoms with E-state index in [0.717, 1.165) is 27.1 Å². The van der Waals surface area contributed by atoms with E-state index in [1.54, 1.807) is 30.6 Å². The molecule has 0 fully saturated rings. The summed E-state index contributed by atoms with van der Waals surface area (Å²) in [4.78, 5) is 25.3. The van der Waals surface area contributed by atoms with Crippen molar-refractivity contribution in [2.75, 3.05) is 7.11 Å². The minimum Gasteiger partial charge on any atom is -0.497 e. The number of methoxy groups -OCH3 is 1. The molecule has 0 saturated heterocycles. The van der Waals surface area contributed by atoms with Crippen LogP contribution in [0.2, 0.25) is 0 Å². The highest BCUT2D eigenvalue weighted by Gasteiger charge is 2.18. The number of benzene rings is 3. The maximum atomic E-state index is 13.1. The van der Waals surface area contributed by atoms with E-state index >= 15 is 0 Å². The fraction of sp³-hybridized carbons (Fsp3) is 0.111. The molecule has 1 heterocycles. The quantitative estimate of drug-likeness (QED) is 0.333. The highest BCUT2D eigenvalue weighted by atomic mass is 32.1. The number of ketones is 1. The summed E-state index contributed by atoms with van der Waals surface area (Å²) in [6.07, 6.45) is 0.892. The van der Waals surface area contributed by atoms with Crippen LogP contribution in [0.5, 0.6) is 5.75 Å². The van der Waals surface area contributed by atoms with Gasteiger partial charge in [-0.3, -0.25) is 4.79 Å². The Kier molecular flexibility index (Phi) is 6.47. The molecule has 0 bridgehead atoms. The van der Waals surface area contributed by atoms with Gasteiger partial charge in [0.1, 0.15) is 5.75 Å². The fourth-order valence-electron chi connectivity index (χ4n) is 3.71. The van der Waals surface area contributed by atoms with E-state index in [1.165, 1.54) is 12.1 Å². The molecule has 160 valence electrons. The number of carbonyl (C=O) groups excluding carboxylic acids is 1. The molecule has 1 N–H and O–H groups in total. The van der Waals surface area contributed by atoms with Crippen LogP contribution in [-0.4, -0.2) is 24.0 Å². The number of hydrogen-bond acceptors (Lipinski definition) is 4. The lowest BCUT2D eigenvalue weighted by atomic mass is 9.90. The predicted octanol–water partition coefficient (Wildman–Crippen LogP) is 6.14. The second kappa shape index (κ2) is 9.62. The third kappa shape index (κ3) is 4.79. The zero-order valence-electron chi connectivity index (χ0n) is 17.6. The summed E-state index contributed by atoms with van der Waals surface area (Å²) in [6, 6.07) is 24.3. The van der Waals surface area contributed by atoms with Crippen molar-refractivity contribution in [3.8, 4) is 16.2 Å². The lowest BCUT2D eigenvalue weighted by Crippen LogP contribution is -2.08. The third-order valence-electron chi connectivity index (χ3n) is 5.37. The molecule has 0 amide bonds. The molecule has 0 unspecified atom stereocenters. The number of Topliss-reactive ketones (excluding diaryl/α,β-unsaturated/α-hetero) is 1. The van der Waals surface area contributed by atoms with Gasteiger partial charge in [-0.05, 0) is 64.4 Å². The summed E-state index contributed by atoms with van der Waals surface area (Å²) in [5.41, 5.74) is 4.87. The van der Waals surface area contributed by atoms with Crippen molar-refractivity contribution in [3.05, 3.63) is 112 Å². The molecular weight excluding hydrogens is 420 g/mol. The first-order chi connectivity index (χ1) is 15.5. The number of carbonyl (C=O) groups is 2. The average molecular weight is 443 g/mol. The average Bonchev–Trinajstić information content (AvgIpc) is 3.35. The zero-order valence-corrected chi connectivity index (χ0v) is 18.4. The summed E-state index contributed by atoms with van der Waals surface area (Å²) in [6.45, 7) is 0. The smallest absolute Gasteiger partial charge is 0.335 e. The van der Waals surface area contributed by atoms with E-state index < -0.39 is 5.97 Å². The van der Waals surface area contributed by atoms with Crippen LogP contribution in [0.4, 0.5) is 0 Å². The maximum Gasteiger partial charge on any atom is 0.335 e. The van der Waals surface area contributed by atoms with Gasteiger partial charge in [-0.25, -0.2) is 4.79 Å². The molecule has 0 aliphatic carbocycles. The number of carboxylic acid groups (broad SMARTS) is 1. The Bertz CT molecular complexity index is 1230. The molecule has 5 heteroatoms. The van der Waals surface area contributed by atoms with Crippen LogP contribution in [0.3, 0.4) is 0 Å². The van der Waals surface area contributed by atoms with Crippen molar-refractivity contribution in [2.45, 2.75) is 12.8 Å². The highest BCUT2D eigenvalue weighted by molar-refractivity contribution is 7.13. The predicted molar refractivity (Wildman–Crippen MR) is 127 cm³/mol. The number of ether oxygens (including phenoxy) is 1. The minimum atomic E-state index is -1.01. The van der Waals surface area contributed by atoms with Gasteiger partial charge in [-0.1, -0.05) is 48.5 Å². The monoisotopic (exact) mass is 442 g/mol. The molecule has 0 aliphatic heterocycles. The fourth-order valence-corrected chi connectivity index (χ4v) is 4.48. The van der Waals surface area contributed by atoms with Crippen molar-refractivity contribution >= 4 is 23.1 Å². The molecule has 1 aromatic heterocycles. The first-order valence-electron chi connectivity index (χ1n) is 10.2. The van der Waals surface area contributed by atoms with E-state index in [-0.39, 0.29) is 17.8 Å². The molecule has 0 saturated carbocycles. The van der Waals surface area contributed by atoms with Crippen LogP contribution < -0.4 is 4.74 Å². The maximum absolute atomic E-state index is 13.1. The van der Waals surface area contributed by atoms with E-state index in [1.807, 2.05) is 41.8 Å². The standard InChI is InChI=1S/C27H22O4S/c1-31-22-15-21(16-25(28)19-9-11-20(12-10-19)27(29)30)23(14-18-6-3-2-4-7-18)24(17-22)26-8-5-13-32-26/h2-13,15,17H,14,16H2,1H3,(H,29,30). The lowest BCUT2D eigenvalue weighted by molar-refractivity contribution is 0.0696. The van der Waals surface area contributed by atoms with Gasteiger partial charge in [0.2, 0.25) is 0 Å². The van der Waals surface area contributed by atoms with E-state index in [4.69, 9.17) is 9.84 Å². The number of hydrogen-bond donors (Lipinski definition) is 1. The number of carboxylic acids is 1. The van der Waals surface area contributed by atoms with E-state index in [9.17, 15) is 9.59 Å². The summed E-state index contributed by atoms with van der Waals surface area (Å²) in [7, 11) is 1.63. The van der Waals surface area contributed by atoms with Gasteiger partial charge in [0, 0.05) is 16.9 Å². The molecule has 4 nitrogen and oxygen atoms in total. The largest absolute Gasteiger partial charge is 0.497 e.